The minimum Gasteiger partial charge on any atom is -0.328 e. The molecule has 0 aromatic heterocycles. The third-order valence-electron chi connectivity index (χ3n) is 1.73. The molecule has 0 fully saturated rings. The summed E-state index contributed by atoms with van der Waals surface area (Å²) in [6.45, 7) is 11.7. The van der Waals surface area contributed by atoms with Gasteiger partial charge in [-0.3, -0.25) is 0 Å². The minimum atomic E-state index is -0.843. The van der Waals surface area contributed by atoms with Gasteiger partial charge in [-0.2, -0.15) is 0 Å². The zero-order valence-electron chi connectivity index (χ0n) is 9.05. The van der Waals surface area contributed by atoms with E-state index in [2.05, 4.69) is 33.5 Å². The van der Waals surface area contributed by atoms with Gasteiger partial charge < -0.3 is 5.73 Å². The van der Waals surface area contributed by atoms with Gasteiger partial charge in [0.1, 0.15) is 0 Å². The van der Waals surface area contributed by atoms with E-state index in [1.165, 1.54) is 12.5 Å². The predicted octanol–water partition coefficient (Wildman–Crippen LogP) is 3.12. The van der Waals surface area contributed by atoms with Crippen molar-refractivity contribution in [1.82, 2.24) is 0 Å². The van der Waals surface area contributed by atoms with E-state index in [0.717, 1.165) is 5.92 Å². The SMILES string of the molecule is CC(N)CC(C)C[Si](C)(C)C.Cl. The Morgan fingerprint density at radius 1 is 1.17 bits per heavy atom. The van der Waals surface area contributed by atoms with Gasteiger partial charge in [-0.15, -0.1) is 12.4 Å². The summed E-state index contributed by atoms with van der Waals surface area (Å²) in [7, 11) is -0.843. The molecule has 12 heavy (non-hydrogen) atoms. The fraction of sp³-hybridized carbons (Fsp3) is 1.00. The van der Waals surface area contributed by atoms with Crippen molar-refractivity contribution in [3.63, 3.8) is 0 Å². The van der Waals surface area contributed by atoms with Crippen molar-refractivity contribution < 1.29 is 0 Å². The summed E-state index contributed by atoms with van der Waals surface area (Å²) in [5.41, 5.74) is 5.73. The normalized spacial score (nSPS) is 16.5. The van der Waals surface area contributed by atoms with Crippen molar-refractivity contribution in [2.24, 2.45) is 11.7 Å². The van der Waals surface area contributed by atoms with Gasteiger partial charge in [0.25, 0.3) is 0 Å². The van der Waals surface area contributed by atoms with Crippen molar-refractivity contribution in [2.75, 3.05) is 0 Å². The molecule has 2 atom stereocenters. The number of nitrogens with two attached hydrogens (primary N) is 1. The Labute approximate surface area is 84.5 Å². The van der Waals surface area contributed by atoms with E-state index in [4.69, 9.17) is 5.73 Å². The molecule has 0 aromatic rings. The van der Waals surface area contributed by atoms with Gasteiger partial charge in [-0.05, 0) is 19.3 Å². The first kappa shape index (κ1) is 15.0. The zero-order chi connectivity index (χ0) is 9.07. The van der Waals surface area contributed by atoms with Crippen molar-refractivity contribution in [3.8, 4) is 0 Å². The second-order valence-electron chi connectivity index (χ2n) is 5.08. The second kappa shape index (κ2) is 6.00. The lowest BCUT2D eigenvalue weighted by Gasteiger charge is -2.22. The largest absolute Gasteiger partial charge is 0.328 e. The molecule has 76 valence electrons. The van der Waals surface area contributed by atoms with Gasteiger partial charge in [0, 0.05) is 14.1 Å². The maximum atomic E-state index is 5.73. The van der Waals surface area contributed by atoms with Gasteiger partial charge in [-0.1, -0.05) is 32.6 Å². The van der Waals surface area contributed by atoms with Crippen LogP contribution < -0.4 is 5.73 Å². The van der Waals surface area contributed by atoms with E-state index >= 15 is 0 Å². The summed E-state index contributed by atoms with van der Waals surface area (Å²) >= 11 is 0. The van der Waals surface area contributed by atoms with Crippen LogP contribution in [0.5, 0.6) is 0 Å². The standard InChI is InChI=1S/C9H23NSi.ClH/c1-8(6-9(2)10)7-11(3,4)5;/h8-9H,6-7,10H2,1-5H3;1H. The number of hydrogen-bond donors (Lipinski definition) is 1. The first-order valence-corrected chi connectivity index (χ1v) is 8.27. The summed E-state index contributed by atoms with van der Waals surface area (Å²) in [5, 5.41) is 0. The van der Waals surface area contributed by atoms with E-state index < -0.39 is 8.07 Å². The molecule has 3 heteroatoms. The molecule has 0 heterocycles. The number of rotatable bonds is 4. The Kier molecular flexibility index (Phi) is 7.48. The van der Waals surface area contributed by atoms with Crippen molar-refractivity contribution in [1.29, 1.82) is 0 Å². The second-order valence-corrected chi connectivity index (χ2v) is 10.6. The lowest BCUT2D eigenvalue weighted by atomic mass is 10.1. The van der Waals surface area contributed by atoms with Crippen LogP contribution in [0.2, 0.25) is 25.7 Å². The van der Waals surface area contributed by atoms with Gasteiger partial charge in [0.05, 0.1) is 0 Å². The molecule has 0 rings (SSSR count). The van der Waals surface area contributed by atoms with Crippen LogP contribution in [0.4, 0.5) is 0 Å². The molecule has 0 spiro atoms. The highest BCUT2D eigenvalue weighted by Gasteiger charge is 2.17. The Balaban J connectivity index is 0. The average molecular weight is 210 g/mol. The van der Waals surface area contributed by atoms with Crippen LogP contribution in [-0.2, 0) is 0 Å². The van der Waals surface area contributed by atoms with Gasteiger partial charge in [0.15, 0.2) is 0 Å². The van der Waals surface area contributed by atoms with E-state index in [1.807, 2.05) is 0 Å². The Morgan fingerprint density at radius 3 is 1.83 bits per heavy atom. The molecule has 0 aromatic carbocycles. The van der Waals surface area contributed by atoms with Crippen LogP contribution in [0.25, 0.3) is 0 Å². The molecule has 0 saturated heterocycles. The summed E-state index contributed by atoms with van der Waals surface area (Å²) in [4.78, 5) is 0. The van der Waals surface area contributed by atoms with Crippen molar-refractivity contribution in [3.05, 3.63) is 0 Å². The highest BCUT2D eigenvalue weighted by molar-refractivity contribution is 6.76. The molecule has 0 saturated carbocycles. The molecule has 0 radical (unpaired) electrons. The maximum Gasteiger partial charge on any atom is 0.0445 e. The van der Waals surface area contributed by atoms with Gasteiger partial charge in [0.2, 0.25) is 0 Å². The van der Waals surface area contributed by atoms with Crippen molar-refractivity contribution >= 4 is 20.5 Å². The highest BCUT2D eigenvalue weighted by Crippen LogP contribution is 2.19. The fourth-order valence-electron chi connectivity index (χ4n) is 1.76. The quantitative estimate of drug-likeness (QED) is 0.708. The number of halogens is 1. The first-order valence-electron chi connectivity index (χ1n) is 4.57. The van der Waals surface area contributed by atoms with Crippen LogP contribution in [0, 0.1) is 5.92 Å². The van der Waals surface area contributed by atoms with Gasteiger partial charge >= 0.3 is 0 Å². The molecular formula is C9H24ClNSi. The van der Waals surface area contributed by atoms with E-state index in [1.54, 1.807) is 0 Å². The lowest BCUT2D eigenvalue weighted by Crippen LogP contribution is -2.26. The maximum absolute atomic E-state index is 5.73. The summed E-state index contributed by atoms with van der Waals surface area (Å²) in [6, 6.07) is 1.79. The first-order chi connectivity index (χ1) is 4.81. The molecule has 2 N–H and O–H groups in total. The van der Waals surface area contributed by atoms with E-state index in [9.17, 15) is 0 Å². The van der Waals surface area contributed by atoms with Crippen LogP contribution in [0.15, 0.2) is 0 Å². The molecule has 0 amide bonds. The molecule has 0 aliphatic rings. The topological polar surface area (TPSA) is 26.0 Å². The Hall–Kier alpha value is 0.467. The zero-order valence-corrected chi connectivity index (χ0v) is 10.9. The molecule has 2 unspecified atom stereocenters. The fourth-order valence-corrected chi connectivity index (χ4v) is 4.02. The molecule has 0 bridgehead atoms. The molecule has 0 aliphatic heterocycles. The summed E-state index contributed by atoms with van der Waals surface area (Å²) in [5.74, 6) is 0.821. The number of hydrogen-bond acceptors (Lipinski definition) is 1. The monoisotopic (exact) mass is 209 g/mol. The summed E-state index contributed by atoms with van der Waals surface area (Å²) in [6.07, 6.45) is 1.18. The van der Waals surface area contributed by atoms with Crippen molar-refractivity contribution in [2.45, 2.75) is 52.0 Å². The highest BCUT2D eigenvalue weighted by atomic mass is 35.5. The van der Waals surface area contributed by atoms with Crippen LogP contribution >= 0.6 is 12.4 Å². The molecular weight excluding hydrogens is 186 g/mol. The lowest BCUT2D eigenvalue weighted by molar-refractivity contribution is 0.515. The van der Waals surface area contributed by atoms with Crippen LogP contribution in [0.3, 0.4) is 0 Å². The third-order valence-corrected chi connectivity index (χ3v) is 3.66. The summed E-state index contributed by atoms with van der Waals surface area (Å²) < 4.78 is 0. The molecule has 1 nitrogen and oxygen atoms in total. The van der Waals surface area contributed by atoms with E-state index in [-0.39, 0.29) is 12.4 Å². The Morgan fingerprint density at radius 2 is 1.58 bits per heavy atom. The van der Waals surface area contributed by atoms with Gasteiger partial charge in [-0.25, -0.2) is 0 Å². The van der Waals surface area contributed by atoms with Crippen LogP contribution in [-0.4, -0.2) is 14.1 Å². The molecule has 0 aliphatic carbocycles. The van der Waals surface area contributed by atoms with E-state index in [0.29, 0.717) is 6.04 Å². The Bertz CT molecular complexity index is 110. The average Bonchev–Trinajstić information content (AvgIpc) is 1.53. The third kappa shape index (κ3) is 10.5. The predicted molar refractivity (Wildman–Crippen MR) is 62.8 cm³/mol. The minimum absolute atomic E-state index is 0. The van der Waals surface area contributed by atoms with Crippen LogP contribution in [0.1, 0.15) is 20.3 Å². The smallest absolute Gasteiger partial charge is 0.0445 e.